The van der Waals surface area contributed by atoms with Gasteiger partial charge in [-0.25, -0.2) is 0 Å². The molecule has 0 radical (unpaired) electrons. The lowest BCUT2D eigenvalue weighted by Gasteiger charge is -2.59. The Morgan fingerprint density at radius 1 is 1.22 bits per heavy atom. The zero-order valence-corrected chi connectivity index (χ0v) is 17.3. The van der Waals surface area contributed by atoms with E-state index in [0.29, 0.717) is 24.2 Å². The lowest BCUT2D eigenvalue weighted by Crippen LogP contribution is -2.57. The van der Waals surface area contributed by atoms with Crippen molar-refractivity contribution in [2.75, 3.05) is 0 Å². The van der Waals surface area contributed by atoms with Crippen LogP contribution < -0.4 is 0 Å². The number of fused-ring (bicyclic) bond motifs is 5. The third-order valence-corrected chi connectivity index (χ3v) is 9.05. The number of esters is 1. The lowest BCUT2D eigenvalue weighted by molar-refractivity contribution is -0.161. The maximum atomic E-state index is 11.9. The second-order valence-corrected chi connectivity index (χ2v) is 10.3. The fourth-order valence-corrected chi connectivity index (χ4v) is 7.36. The largest absolute Gasteiger partial charge is 0.458 e. The van der Waals surface area contributed by atoms with Crippen molar-refractivity contribution in [2.45, 2.75) is 84.3 Å². The first-order valence-electron chi connectivity index (χ1n) is 10.7. The quantitative estimate of drug-likeness (QED) is 0.420. The van der Waals surface area contributed by atoms with Gasteiger partial charge in [0.2, 0.25) is 0 Å². The summed E-state index contributed by atoms with van der Waals surface area (Å²) in [7, 11) is 0. The van der Waals surface area contributed by atoms with Crippen LogP contribution in [0.25, 0.3) is 0 Å². The van der Waals surface area contributed by atoms with Crippen LogP contribution in [0, 0.1) is 46.8 Å². The fourth-order valence-electron chi connectivity index (χ4n) is 7.36. The minimum Gasteiger partial charge on any atom is -0.458 e. The second kappa shape index (κ2) is 6.11. The molecule has 0 saturated heterocycles. The number of aliphatic hydroxyl groups is 1. The van der Waals surface area contributed by atoms with Crippen LogP contribution in [0.4, 0.5) is 0 Å². The van der Waals surface area contributed by atoms with E-state index in [2.05, 4.69) is 32.8 Å². The molecule has 3 fully saturated rings. The molecule has 27 heavy (non-hydrogen) atoms. The van der Waals surface area contributed by atoms with Gasteiger partial charge in [0.1, 0.15) is 11.7 Å². The maximum absolute atomic E-state index is 11.9. The van der Waals surface area contributed by atoms with Crippen molar-refractivity contribution in [2.24, 2.45) is 34.5 Å². The van der Waals surface area contributed by atoms with Crippen LogP contribution in [0.1, 0.15) is 72.6 Å². The number of terminal acetylenes is 1. The normalized spacial score (nSPS) is 51.3. The molecule has 0 aromatic heterocycles. The van der Waals surface area contributed by atoms with Crippen LogP contribution in [0.3, 0.4) is 0 Å². The Bertz CT molecular complexity index is 718. The van der Waals surface area contributed by atoms with Gasteiger partial charge in [-0.15, -0.1) is 6.42 Å². The molecule has 4 rings (SSSR count). The Morgan fingerprint density at radius 3 is 2.59 bits per heavy atom. The Labute approximate surface area is 163 Å². The molecule has 1 N–H and O–H groups in total. The molecule has 0 heterocycles. The molecule has 4 aliphatic rings. The number of carbonyl (C=O) groups is 1. The van der Waals surface area contributed by atoms with Gasteiger partial charge in [-0.05, 0) is 74.2 Å². The van der Waals surface area contributed by atoms with Gasteiger partial charge >= 0.3 is 5.97 Å². The predicted octanol–water partition coefficient (Wildman–Crippen LogP) is 4.49. The molecule has 3 saturated carbocycles. The van der Waals surface area contributed by atoms with Crippen LogP contribution >= 0.6 is 0 Å². The molecule has 0 amide bonds. The highest BCUT2D eigenvalue weighted by Gasteiger charge is 2.65. The summed E-state index contributed by atoms with van der Waals surface area (Å²) in [5.74, 6) is 4.30. The molecule has 0 aromatic carbocycles. The molecule has 3 unspecified atom stereocenters. The molecule has 4 aliphatic carbocycles. The van der Waals surface area contributed by atoms with E-state index < -0.39 is 5.60 Å². The van der Waals surface area contributed by atoms with Gasteiger partial charge in [-0.3, -0.25) is 4.79 Å². The molecule has 3 nitrogen and oxygen atoms in total. The minimum atomic E-state index is -1.03. The van der Waals surface area contributed by atoms with Gasteiger partial charge in [0.25, 0.3) is 0 Å². The smallest absolute Gasteiger partial charge is 0.303 e. The van der Waals surface area contributed by atoms with Crippen LogP contribution in [0.2, 0.25) is 0 Å². The van der Waals surface area contributed by atoms with Crippen molar-refractivity contribution in [1.29, 1.82) is 0 Å². The van der Waals surface area contributed by atoms with Crippen LogP contribution in [0.15, 0.2) is 11.6 Å². The Morgan fingerprint density at radius 2 is 1.93 bits per heavy atom. The molecule has 0 bridgehead atoms. The first-order chi connectivity index (χ1) is 12.6. The summed E-state index contributed by atoms with van der Waals surface area (Å²) in [6.07, 6.45) is 15.1. The van der Waals surface area contributed by atoms with Gasteiger partial charge in [0.05, 0.1) is 0 Å². The Hall–Kier alpha value is -1.27. The molecule has 3 heteroatoms. The van der Waals surface area contributed by atoms with Crippen molar-refractivity contribution in [1.82, 2.24) is 0 Å². The van der Waals surface area contributed by atoms with E-state index in [1.807, 2.05) is 0 Å². The fraction of sp³-hybridized carbons (Fsp3) is 0.792. The van der Waals surface area contributed by atoms with Crippen molar-refractivity contribution >= 4 is 5.97 Å². The molecular formula is C24H34O3. The topological polar surface area (TPSA) is 46.5 Å². The highest BCUT2D eigenvalue weighted by atomic mass is 16.5. The Balaban J connectivity index is 1.79. The average molecular weight is 371 g/mol. The summed E-state index contributed by atoms with van der Waals surface area (Å²) in [6, 6.07) is 0. The second-order valence-electron chi connectivity index (χ2n) is 10.3. The van der Waals surface area contributed by atoms with E-state index >= 15 is 0 Å². The monoisotopic (exact) mass is 370 g/mol. The van der Waals surface area contributed by atoms with E-state index in [4.69, 9.17) is 11.2 Å². The SMILES string of the molecule is C#CC1(O)CCC2[C@H]3C(CC[C@@]21C)[C@@]1(C)CC[C@H](C)CC1=C[C@@H]3OC(C)=O. The summed E-state index contributed by atoms with van der Waals surface area (Å²) < 4.78 is 5.90. The van der Waals surface area contributed by atoms with Gasteiger partial charge in [0, 0.05) is 18.3 Å². The predicted molar refractivity (Wildman–Crippen MR) is 106 cm³/mol. The summed E-state index contributed by atoms with van der Waals surface area (Å²) in [4.78, 5) is 11.9. The van der Waals surface area contributed by atoms with Crippen molar-refractivity contribution < 1.29 is 14.6 Å². The zero-order chi connectivity index (χ0) is 19.6. The molecule has 0 aliphatic heterocycles. The summed E-state index contributed by atoms with van der Waals surface area (Å²) in [5, 5.41) is 11.2. The lowest BCUT2D eigenvalue weighted by atomic mass is 9.46. The van der Waals surface area contributed by atoms with Crippen molar-refractivity contribution in [3.8, 4) is 12.3 Å². The number of hydrogen-bond acceptors (Lipinski definition) is 3. The van der Waals surface area contributed by atoms with E-state index in [1.165, 1.54) is 25.3 Å². The van der Waals surface area contributed by atoms with Crippen LogP contribution in [0.5, 0.6) is 0 Å². The molecule has 0 spiro atoms. The van der Waals surface area contributed by atoms with Crippen molar-refractivity contribution in [3.05, 3.63) is 11.6 Å². The van der Waals surface area contributed by atoms with Crippen molar-refractivity contribution in [3.63, 3.8) is 0 Å². The highest BCUT2D eigenvalue weighted by molar-refractivity contribution is 5.66. The third-order valence-electron chi connectivity index (χ3n) is 9.05. The number of allylic oxidation sites excluding steroid dienone is 1. The number of hydrogen-bond donors (Lipinski definition) is 1. The standard InChI is InChI=1S/C24H34O3/c1-6-24(26)12-9-19-21-18(8-11-23(19,24)5)22(4)10-7-15(2)13-17(22)14-20(21)27-16(3)25/h1,14-15,18-21,26H,7-13H2,2-5H3/t15-,18?,19?,20-,21+,22-,23-,24?/m0/s1. The average Bonchev–Trinajstić information content (AvgIpc) is 2.88. The summed E-state index contributed by atoms with van der Waals surface area (Å²) >= 11 is 0. The van der Waals surface area contributed by atoms with Crippen LogP contribution in [-0.4, -0.2) is 22.8 Å². The Kier molecular flexibility index (Phi) is 4.32. The maximum Gasteiger partial charge on any atom is 0.303 e. The number of rotatable bonds is 1. The molecule has 148 valence electrons. The summed E-state index contributed by atoms with van der Waals surface area (Å²) in [6.45, 7) is 8.46. The van der Waals surface area contributed by atoms with E-state index in [1.54, 1.807) is 0 Å². The summed E-state index contributed by atoms with van der Waals surface area (Å²) in [5.41, 5.74) is 0.384. The minimum absolute atomic E-state index is 0.175. The first-order valence-corrected chi connectivity index (χ1v) is 10.7. The first kappa shape index (κ1) is 19.1. The molecular weight excluding hydrogens is 336 g/mol. The van der Waals surface area contributed by atoms with Gasteiger partial charge in [0.15, 0.2) is 0 Å². The third kappa shape index (κ3) is 2.55. The van der Waals surface area contributed by atoms with Gasteiger partial charge < -0.3 is 9.84 Å². The van der Waals surface area contributed by atoms with E-state index in [0.717, 1.165) is 25.7 Å². The zero-order valence-electron chi connectivity index (χ0n) is 17.3. The number of carbonyl (C=O) groups excluding carboxylic acids is 1. The van der Waals surface area contributed by atoms with E-state index in [9.17, 15) is 9.90 Å². The number of ether oxygens (including phenoxy) is 1. The van der Waals surface area contributed by atoms with E-state index in [-0.39, 0.29) is 28.8 Å². The van der Waals surface area contributed by atoms with Gasteiger partial charge in [-0.2, -0.15) is 0 Å². The van der Waals surface area contributed by atoms with Crippen LogP contribution in [-0.2, 0) is 9.53 Å². The van der Waals surface area contributed by atoms with Gasteiger partial charge in [-0.1, -0.05) is 32.3 Å². The molecule has 8 atom stereocenters. The highest BCUT2D eigenvalue weighted by Crippen LogP contribution is 2.67. The molecule has 0 aromatic rings.